The van der Waals surface area contributed by atoms with Gasteiger partial charge in [-0.05, 0) is 30.5 Å². The fourth-order valence-electron chi connectivity index (χ4n) is 4.17. The number of morpholine rings is 1. The molecule has 3 atom stereocenters. The molecular weight excluding hydrogens is 515 g/mol. The second-order valence-electron chi connectivity index (χ2n) is 8.32. The summed E-state index contributed by atoms with van der Waals surface area (Å²) in [5.74, 6) is 0.759. The maximum atomic E-state index is 9.79. The number of aliphatic hydroxyl groups excluding tert-OH is 1. The summed E-state index contributed by atoms with van der Waals surface area (Å²) in [4.78, 5) is 6.82. The molecule has 2 aromatic carbocycles. The van der Waals surface area contributed by atoms with Crippen molar-refractivity contribution >= 4 is 29.9 Å². The van der Waals surface area contributed by atoms with E-state index in [1.165, 1.54) is 11.1 Å². The highest BCUT2D eigenvalue weighted by atomic mass is 127. The normalized spacial score (nSPS) is 20.3. The molecule has 1 heterocycles. The predicted molar refractivity (Wildman–Crippen MR) is 142 cm³/mol. The zero-order chi connectivity index (χ0) is 22.1. The fourth-order valence-corrected chi connectivity index (χ4v) is 4.17. The molecule has 0 bridgehead atoms. The van der Waals surface area contributed by atoms with Gasteiger partial charge in [0, 0.05) is 45.7 Å². The van der Waals surface area contributed by atoms with Crippen LogP contribution in [0.4, 0.5) is 0 Å². The third kappa shape index (κ3) is 8.03. The van der Waals surface area contributed by atoms with Crippen LogP contribution in [0.3, 0.4) is 0 Å². The molecule has 7 heteroatoms. The van der Waals surface area contributed by atoms with Gasteiger partial charge < -0.3 is 20.5 Å². The Kier molecular flexibility index (Phi) is 11.4. The van der Waals surface area contributed by atoms with Crippen molar-refractivity contribution in [1.29, 1.82) is 0 Å². The zero-order valence-corrected chi connectivity index (χ0v) is 21.7. The lowest BCUT2D eigenvalue weighted by atomic mass is 10.0. The molecule has 0 aromatic heterocycles. The van der Waals surface area contributed by atoms with Gasteiger partial charge in [-0.1, -0.05) is 54.6 Å². The van der Waals surface area contributed by atoms with Crippen molar-refractivity contribution < 1.29 is 9.84 Å². The van der Waals surface area contributed by atoms with Gasteiger partial charge in [-0.15, -0.1) is 24.0 Å². The minimum absolute atomic E-state index is 0. The van der Waals surface area contributed by atoms with E-state index < -0.39 is 0 Å². The Labute approximate surface area is 209 Å². The summed E-state index contributed by atoms with van der Waals surface area (Å²) in [6, 6.07) is 18.6. The molecule has 6 nitrogen and oxygen atoms in total. The van der Waals surface area contributed by atoms with Crippen molar-refractivity contribution in [2.24, 2.45) is 4.99 Å². The van der Waals surface area contributed by atoms with E-state index in [0.29, 0.717) is 13.1 Å². The number of halogens is 1. The zero-order valence-electron chi connectivity index (χ0n) is 19.3. The van der Waals surface area contributed by atoms with Gasteiger partial charge in [0.15, 0.2) is 5.96 Å². The lowest BCUT2D eigenvalue weighted by molar-refractivity contribution is -0.0705. The third-order valence-electron chi connectivity index (χ3n) is 5.68. The number of nitrogens with zero attached hydrogens (tertiary/aromatic N) is 2. The smallest absolute Gasteiger partial charge is 0.191 e. The average molecular weight is 553 g/mol. The molecule has 0 amide bonds. The van der Waals surface area contributed by atoms with Crippen molar-refractivity contribution in [3.8, 4) is 0 Å². The fraction of sp³-hybridized carbons (Fsp3) is 0.480. The largest absolute Gasteiger partial charge is 0.396 e. The van der Waals surface area contributed by atoms with Gasteiger partial charge in [0.05, 0.1) is 18.8 Å². The maximum Gasteiger partial charge on any atom is 0.191 e. The summed E-state index contributed by atoms with van der Waals surface area (Å²) in [7, 11) is 1.77. The Morgan fingerprint density at radius 1 is 1.03 bits per heavy atom. The Bertz CT molecular complexity index is 824. The summed E-state index contributed by atoms with van der Waals surface area (Å²) < 4.78 is 5.87. The summed E-state index contributed by atoms with van der Waals surface area (Å²) in [5.41, 5.74) is 3.70. The number of aliphatic imine (C=N–C) groups is 1. The molecule has 3 N–H and O–H groups in total. The molecule has 1 fully saturated rings. The van der Waals surface area contributed by atoms with E-state index in [0.717, 1.165) is 31.2 Å². The number of benzene rings is 2. The molecule has 0 saturated carbocycles. The molecular formula is C25H37IN4O2. The van der Waals surface area contributed by atoms with E-state index in [4.69, 9.17) is 4.74 Å². The van der Waals surface area contributed by atoms with Crippen LogP contribution in [0.5, 0.6) is 0 Å². The van der Waals surface area contributed by atoms with Gasteiger partial charge in [-0.2, -0.15) is 0 Å². The number of rotatable bonds is 8. The van der Waals surface area contributed by atoms with Crippen LogP contribution in [0.2, 0.25) is 0 Å². The predicted octanol–water partition coefficient (Wildman–Crippen LogP) is 3.35. The number of hydrogen-bond acceptors (Lipinski definition) is 4. The summed E-state index contributed by atoms with van der Waals surface area (Å²) in [5, 5.41) is 16.6. The van der Waals surface area contributed by atoms with Gasteiger partial charge in [-0.3, -0.25) is 9.89 Å². The molecule has 32 heavy (non-hydrogen) atoms. The van der Waals surface area contributed by atoms with E-state index >= 15 is 0 Å². The highest BCUT2D eigenvalue weighted by Crippen LogP contribution is 2.17. The first-order chi connectivity index (χ1) is 15.1. The number of hydrogen-bond donors (Lipinski definition) is 3. The topological polar surface area (TPSA) is 69.1 Å². The maximum absolute atomic E-state index is 9.79. The molecule has 0 spiro atoms. The van der Waals surface area contributed by atoms with Crippen LogP contribution < -0.4 is 10.6 Å². The van der Waals surface area contributed by atoms with Crippen molar-refractivity contribution in [3.05, 3.63) is 71.3 Å². The summed E-state index contributed by atoms with van der Waals surface area (Å²) in [6.45, 7) is 8.51. The first kappa shape index (κ1) is 26.6. The quantitative estimate of drug-likeness (QED) is 0.266. The lowest BCUT2D eigenvalue weighted by Crippen LogP contribution is -2.45. The minimum Gasteiger partial charge on any atom is -0.396 e. The van der Waals surface area contributed by atoms with Crippen LogP contribution >= 0.6 is 24.0 Å². The number of guanidine groups is 1. The van der Waals surface area contributed by atoms with Crippen LogP contribution in [0, 0.1) is 0 Å². The molecule has 0 aliphatic carbocycles. The SMILES string of the molecule is CN=C(NCc1ccccc1CN1CC(C)OC(C)C1)NCC(CO)c1ccccc1.I. The monoisotopic (exact) mass is 552 g/mol. The van der Waals surface area contributed by atoms with Crippen LogP contribution in [0.1, 0.15) is 36.5 Å². The molecule has 0 radical (unpaired) electrons. The van der Waals surface area contributed by atoms with E-state index in [-0.39, 0.29) is 48.7 Å². The first-order valence-electron chi connectivity index (χ1n) is 11.1. The van der Waals surface area contributed by atoms with E-state index in [1.807, 2.05) is 30.3 Å². The molecule has 1 aliphatic heterocycles. The molecule has 1 aliphatic rings. The Hall–Kier alpha value is -1.68. The van der Waals surface area contributed by atoms with Gasteiger partial charge in [0.25, 0.3) is 0 Å². The van der Waals surface area contributed by atoms with E-state index in [9.17, 15) is 5.11 Å². The van der Waals surface area contributed by atoms with E-state index in [1.54, 1.807) is 7.05 Å². The van der Waals surface area contributed by atoms with Crippen molar-refractivity contribution in [1.82, 2.24) is 15.5 Å². The van der Waals surface area contributed by atoms with E-state index in [2.05, 4.69) is 58.6 Å². The number of nitrogens with one attached hydrogen (secondary N) is 2. The lowest BCUT2D eigenvalue weighted by Gasteiger charge is -2.35. The second kappa shape index (κ2) is 13.8. The van der Waals surface area contributed by atoms with Crippen LogP contribution in [0.25, 0.3) is 0 Å². The van der Waals surface area contributed by atoms with Crippen LogP contribution in [-0.2, 0) is 17.8 Å². The van der Waals surface area contributed by atoms with Crippen LogP contribution in [-0.4, -0.2) is 61.5 Å². The second-order valence-corrected chi connectivity index (χ2v) is 8.32. The third-order valence-corrected chi connectivity index (χ3v) is 5.68. The minimum atomic E-state index is 0. The Morgan fingerprint density at radius 3 is 2.28 bits per heavy atom. The van der Waals surface area contributed by atoms with Gasteiger partial charge in [0.1, 0.15) is 0 Å². The first-order valence-corrected chi connectivity index (χ1v) is 11.1. The number of ether oxygens (including phenoxy) is 1. The molecule has 3 unspecified atom stereocenters. The standard InChI is InChI=1S/C25H36N4O2.HI/c1-19-15-29(16-20(2)31-19)17-23-12-8-7-11-22(23)13-27-25(26-3)28-14-24(18-30)21-9-5-4-6-10-21;/h4-12,19-20,24,30H,13-18H2,1-3H3,(H2,26,27,28);1H. The molecule has 3 rings (SSSR count). The van der Waals surface area contributed by atoms with Crippen LogP contribution in [0.15, 0.2) is 59.6 Å². The van der Waals surface area contributed by atoms with Gasteiger partial charge in [0.2, 0.25) is 0 Å². The summed E-state index contributed by atoms with van der Waals surface area (Å²) >= 11 is 0. The van der Waals surface area contributed by atoms with Gasteiger partial charge in [-0.25, -0.2) is 0 Å². The average Bonchev–Trinajstić information content (AvgIpc) is 2.77. The Morgan fingerprint density at radius 2 is 1.66 bits per heavy atom. The molecule has 1 saturated heterocycles. The number of aliphatic hydroxyl groups is 1. The highest BCUT2D eigenvalue weighted by Gasteiger charge is 2.22. The highest BCUT2D eigenvalue weighted by molar-refractivity contribution is 14.0. The van der Waals surface area contributed by atoms with Gasteiger partial charge >= 0.3 is 0 Å². The van der Waals surface area contributed by atoms with Crippen molar-refractivity contribution in [2.75, 3.05) is 33.3 Å². The van der Waals surface area contributed by atoms with Crippen molar-refractivity contribution in [3.63, 3.8) is 0 Å². The Balaban J connectivity index is 0.00000363. The van der Waals surface area contributed by atoms with Crippen molar-refractivity contribution in [2.45, 2.75) is 45.1 Å². The molecule has 2 aromatic rings. The molecule has 176 valence electrons. The summed E-state index contributed by atoms with van der Waals surface area (Å²) in [6.07, 6.45) is 0.530.